The second-order valence-electron chi connectivity index (χ2n) is 4.83. The van der Waals surface area contributed by atoms with Crippen LogP contribution < -0.4 is 0 Å². The molecule has 2 aromatic rings. The second-order valence-corrected chi connectivity index (χ2v) is 4.83. The first-order valence-corrected chi connectivity index (χ1v) is 6.93. The monoisotopic (exact) mass is 259 g/mol. The van der Waals surface area contributed by atoms with E-state index in [2.05, 4.69) is 48.0 Å². The highest BCUT2D eigenvalue weighted by Crippen LogP contribution is 2.23. The summed E-state index contributed by atoms with van der Waals surface area (Å²) in [4.78, 5) is 11.3. The van der Waals surface area contributed by atoms with Crippen LogP contribution >= 0.6 is 0 Å². The van der Waals surface area contributed by atoms with Gasteiger partial charge in [0.05, 0.1) is 6.61 Å². The Balaban J connectivity index is 1.93. The molecule has 19 heavy (non-hydrogen) atoms. The van der Waals surface area contributed by atoms with Gasteiger partial charge in [-0.3, -0.25) is 4.79 Å². The minimum atomic E-state index is -0.0907. The highest BCUT2D eigenvalue weighted by atomic mass is 16.5. The van der Waals surface area contributed by atoms with E-state index < -0.39 is 0 Å². The quantitative estimate of drug-likeness (QED) is 0.736. The standard InChI is InChI=1S/C16H21NO2/c1-3-19-16(18)10-6-7-13(2)17-12-11-14-8-4-5-9-15(14)17/h4-5,8-9,11-13H,3,6-7,10H2,1-2H3/t13-/m1/s1. The molecule has 0 spiro atoms. The molecular weight excluding hydrogens is 238 g/mol. The number of para-hydroxylation sites is 1. The molecule has 3 heteroatoms. The number of fused-ring (bicyclic) bond motifs is 1. The number of hydrogen-bond acceptors (Lipinski definition) is 2. The number of aromatic nitrogens is 1. The van der Waals surface area contributed by atoms with E-state index in [-0.39, 0.29) is 5.97 Å². The highest BCUT2D eigenvalue weighted by molar-refractivity contribution is 5.80. The summed E-state index contributed by atoms with van der Waals surface area (Å²) in [7, 11) is 0. The normalized spacial score (nSPS) is 12.5. The molecule has 0 radical (unpaired) electrons. The Kier molecular flexibility index (Phi) is 4.61. The third kappa shape index (κ3) is 3.37. The maximum atomic E-state index is 11.3. The smallest absolute Gasteiger partial charge is 0.305 e. The van der Waals surface area contributed by atoms with Crippen LogP contribution in [0.4, 0.5) is 0 Å². The summed E-state index contributed by atoms with van der Waals surface area (Å²) in [6, 6.07) is 10.9. The Hall–Kier alpha value is -1.77. The molecule has 0 fully saturated rings. The Morgan fingerprint density at radius 3 is 2.89 bits per heavy atom. The van der Waals surface area contributed by atoms with Crippen molar-refractivity contribution in [3.05, 3.63) is 36.5 Å². The Labute approximate surface area is 114 Å². The molecule has 0 N–H and O–H groups in total. The Bertz CT molecular complexity index is 544. The van der Waals surface area contributed by atoms with Crippen molar-refractivity contribution >= 4 is 16.9 Å². The van der Waals surface area contributed by atoms with E-state index in [1.165, 1.54) is 10.9 Å². The van der Waals surface area contributed by atoms with Gasteiger partial charge in [-0.15, -0.1) is 0 Å². The van der Waals surface area contributed by atoms with E-state index in [1.807, 2.05) is 6.92 Å². The van der Waals surface area contributed by atoms with Gasteiger partial charge in [-0.05, 0) is 44.2 Å². The minimum absolute atomic E-state index is 0.0907. The maximum absolute atomic E-state index is 11.3. The SMILES string of the molecule is CCOC(=O)CCC[C@@H](C)n1ccc2ccccc21. The number of rotatable bonds is 6. The first-order chi connectivity index (χ1) is 9.22. The van der Waals surface area contributed by atoms with Gasteiger partial charge in [0.15, 0.2) is 0 Å². The summed E-state index contributed by atoms with van der Waals surface area (Å²) in [5.74, 6) is -0.0907. The number of nitrogens with zero attached hydrogens (tertiary/aromatic N) is 1. The van der Waals surface area contributed by atoms with Crippen molar-refractivity contribution in [3.8, 4) is 0 Å². The minimum Gasteiger partial charge on any atom is -0.466 e. The van der Waals surface area contributed by atoms with Gasteiger partial charge >= 0.3 is 5.97 Å². The van der Waals surface area contributed by atoms with Crippen LogP contribution in [-0.4, -0.2) is 17.1 Å². The molecule has 0 saturated heterocycles. The summed E-state index contributed by atoms with van der Waals surface area (Å²) in [6.07, 6.45) is 4.49. The predicted molar refractivity (Wildman–Crippen MR) is 77.1 cm³/mol. The summed E-state index contributed by atoms with van der Waals surface area (Å²) >= 11 is 0. The highest BCUT2D eigenvalue weighted by Gasteiger charge is 2.09. The average molecular weight is 259 g/mol. The van der Waals surface area contributed by atoms with Crippen molar-refractivity contribution in [2.24, 2.45) is 0 Å². The lowest BCUT2D eigenvalue weighted by Gasteiger charge is -2.15. The molecule has 0 amide bonds. The summed E-state index contributed by atoms with van der Waals surface area (Å²) < 4.78 is 7.22. The second kappa shape index (κ2) is 6.41. The van der Waals surface area contributed by atoms with Gasteiger partial charge in [-0.2, -0.15) is 0 Å². The van der Waals surface area contributed by atoms with E-state index in [4.69, 9.17) is 4.74 Å². The topological polar surface area (TPSA) is 31.2 Å². The van der Waals surface area contributed by atoms with Gasteiger partial charge in [0.1, 0.15) is 0 Å². The van der Waals surface area contributed by atoms with Crippen molar-refractivity contribution in [2.75, 3.05) is 6.61 Å². The number of carbonyl (C=O) groups is 1. The molecule has 1 aromatic carbocycles. The van der Waals surface area contributed by atoms with Crippen molar-refractivity contribution in [1.82, 2.24) is 4.57 Å². The van der Waals surface area contributed by atoms with Crippen LogP contribution in [0.25, 0.3) is 10.9 Å². The molecular formula is C16H21NO2. The van der Waals surface area contributed by atoms with Gasteiger partial charge in [0.2, 0.25) is 0 Å². The molecule has 0 aliphatic heterocycles. The molecule has 2 rings (SSSR count). The lowest BCUT2D eigenvalue weighted by molar-refractivity contribution is -0.143. The van der Waals surface area contributed by atoms with Crippen LogP contribution in [0.1, 0.15) is 39.2 Å². The van der Waals surface area contributed by atoms with Crippen molar-refractivity contribution in [2.45, 2.75) is 39.2 Å². The number of ether oxygens (including phenoxy) is 1. The number of carbonyl (C=O) groups excluding carboxylic acids is 1. The predicted octanol–water partition coefficient (Wildman–Crippen LogP) is 3.94. The zero-order valence-electron chi connectivity index (χ0n) is 11.6. The van der Waals surface area contributed by atoms with Gasteiger partial charge in [-0.25, -0.2) is 0 Å². The summed E-state index contributed by atoms with van der Waals surface area (Å²) in [5.41, 5.74) is 1.26. The van der Waals surface area contributed by atoms with Gasteiger partial charge in [-0.1, -0.05) is 18.2 Å². The Morgan fingerprint density at radius 2 is 2.11 bits per heavy atom. The van der Waals surface area contributed by atoms with E-state index in [0.717, 1.165) is 12.8 Å². The zero-order valence-corrected chi connectivity index (χ0v) is 11.6. The van der Waals surface area contributed by atoms with Crippen molar-refractivity contribution in [3.63, 3.8) is 0 Å². The van der Waals surface area contributed by atoms with E-state index >= 15 is 0 Å². The third-order valence-electron chi connectivity index (χ3n) is 3.41. The molecule has 1 aromatic heterocycles. The van der Waals surface area contributed by atoms with Crippen LogP contribution in [0.5, 0.6) is 0 Å². The largest absolute Gasteiger partial charge is 0.466 e. The number of esters is 1. The fourth-order valence-electron chi connectivity index (χ4n) is 2.40. The molecule has 0 bridgehead atoms. The maximum Gasteiger partial charge on any atom is 0.305 e. The molecule has 0 aliphatic rings. The van der Waals surface area contributed by atoms with Crippen molar-refractivity contribution < 1.29 is 9.53 Å². The Morgan fingerprint density at radius 1 is 1.32 bits per heavy atom. The van der Waals surface area contributed by atoms with E-state index in [0.29, 0.717) is 19.1 Å². The van der Waals surface area contributed by atoms with Crippen molar-refractivity contribution in [1.29, 1.82) is 0 Å². The number of benzene rings is 1. The van der Waals surface area contributed by atoms with Crippen LogP contribution in [0.15, 0.2) is 36.5 Å². The molecule has 102 valence electrons. The van der Waals surface area contributed by atoms with Crippen LogP contribution in [0.3, 0.4) is 0 Å². The third-order valence-corrected chi connectivity index (χ3v) is 3.41. The molecule has 1 heterocycles. The zero-order chi connectivity index (χ0) is 13.7. The fourth-order valence-corrected chi connectivity index (χ4v) is 2.40. The van der Waals surface area contributed by atoms with Gasteiger partial charge in [0, 0.05) is 24.2 Å². The molecule has 0 aliphatic carbocycles. The van der Waals surface area contributed by atoms with Crippen LogP contribution in [0.2, 0.25) is 0 Å². The lowest BCUT2D eigenvalue weighted by atomic mass is 10.1. The average Bonchev–Trinajstić information content (AvgIpc) is 2.82. The van der Waals surface area contributed by atoms with Crippen LogP contribution in [0, 0.1) is 0 Å². The molecule has 1 atom stereocenters. The van der Waals surface area contributed by atoms with Crippen LogP contribution in [-0.2, 0) is 9.53 Å². The molecule has 0 saturated carbocycles. The van der Waals surface area contributed by atoms with Gasteiger partial charge < -0.3 is 9.30 Å². The molecule has 0 unspecified atom stereocenters. The first-order valence-electron chi connectivity index (χ1n) is 6.93. The van der Waals surface area contributed by atoms with E-state index in [1.54, 1.807) is 0 Å². The van der Waals surface area contributed by atoms with Gasteiger partial charge in [0.25, 0.3) is 0 Å². The lowest BCUT2D eigenvalue weighted by Crippen LogP contribution is -2.07. The number of hydrogen-bond donors (Lipinski definition) is 0. The van der Waals surface area contributed by atoms with E-state index in [9.17, 15) is 4.79 Å². The summed E-state index contributed by atoms with van der Waals surface area (Å²) in [6.45, 7) is 4.50. The molecule has 3 nitrogen and oxygen atoms in total. The first kappa shape index (κ1) is 13.7. The fraction of sp³-hybridized carbons (Fsp3) is 0.438. The summed E-state index contributed by atoms with van der Waals surface area (Å²) in [5, 5.41) is 1.26.